The zero-order chi connectivity index (χ0) is 14.0. The number of nitrogens with zero attached hydrogens (tertiary/aromatic N) is 1. The molecule has 19 heavy (non-hydrogen) atoms. The lowest BCUT2D eigenvalue weighted by atomic mass is 9.97. The van der Waals surface area contributed by atoms with E-state index in [1.165, 1.54) is 24.4 Å². The van der Waals surface area contributed by atoms with Gasteiger partial charge in [-0.15, -0.1) is 0 Å². The predicted molar refractivity (Wildman–Crippen MR) is 70.2 cm³/mol. The van der Waals surface area contributed by atoms with Crippen molar-refractivity contribution < 1.29 is 17.9 Å². The number of methoxy groups -OCH3 is 1. The molecule has 0 amide bonds. The maximum atomic E-state index is 12.4. The minimum Gasteiger partial charge on any atom is -0.464 e. The third kappa shape index (κ3) is 2.29. The van der Waals surface area contributed by atoms with Crippen molar-refractivity contribution >= 4 is 29.3 Å². The van der Waals surface area contributed by atoms with Crippen LogP contribution < -0.4 is 5.46 Å². The summed E-state index contributed by atoms with van der Waals surface area (Å²) in [4.78, 5) is 11.7. The molecule has 0 N–H and O–H groups in total. The summed E-state index contributed by atoms with van der Waals surface area (Å²) in [5.74, 6) is -0.804. The summed E-state index contributed by atoms with van der Waals surface area (Å²) in [6.07, 6.45) is 1.23. The zero-order valence-electron chi connectivity index (χ0n) is 10.1. The first kappa shape index (κ1) is 13.4. The van der Waals surface area contributed by atoms with Gasteiger partial charge in [0.05, 0.1) is 12.0 Å². The molecule has 0 aliphatic rings. The van der Waals surface area contributed by atoms with E-state index in [2.05, 4.69) is 4.74 Å². The molecule has 0 fully saturated rings. The Balaban J connectivity index is 2.63. The molecule has 0 atom stereocenters. The van der Waals surface area contributed by atoms with Crippen LogP contribution in [0.1, 0.15) is 10.5 Å². The van der Waals surface area contributed by atoms with Crippen molar-refractivity contribution in [2.75, 3.05) is 7.11 Å². The van der Waals surface area contributed by atoms with E-state index in [4.69, 9.17) is 7.85 Å². The van der Waals surface area contributed by atoms with Crippen molar-refractivity contribution in [1.29, 1.82) is 0 Å². The van der Waals surface area contributed by atoms with Crippen LogP contribution in [0.4, 0.5) is 0 Å². The molecule has 5 nitrogen and oxygen atoms in total. The van der Waals surface area contributed by atoms with Crippen LogP contribution in [0.3, 0.4) is 0 Å². The second-order valence-corrected chi connectivity index (χ2v) is 5.54. The van der Waals surface area contributed by atoms with E-state index in [0.29, 0.717) is 0 Å². The Labute approximate surface area is 112 Å². The van der Waals surface area contributed by atoms with Gasteiger partial charge in [0, 0.05) is 6.20 Å². The summed E-state index contributed by atoms with van der Waals surface area (Å²) in [5.41, 5.74) is -0.155. The summed E-state index contributed by atoms with van der Waals surface area (Å²) >= 11 is 0. The first-order chi connectivity index (χ1) is 8.98. The number of carbonyl (C=O) groups excluding carboxylic acids is 1. The molecule has 1 heterocycles. The number of rotatable bonds is 3. The van der Waals surface area contributed by atoms with Gasteiger partial charge in [0.1, 0.15) is 13.5 Å². The van der Waals surface area contributed by atoms with Crippen LogP contribution in [-0.2, 0) is 14.8 Å². The molecule has 96 valence electrons. The van der Waals surface area contributed by atoms with Crippen LogP contribution in [0.2, 0.25) is 0 Å². The number of benzene rings is 1. The number of ether oxygens (including phenoxy) is 1. The topological polar surface area (TPSA) is 65.4 Å². The Hall–Kier alpha value is -2.02. The highest BCUT2D eigenvalue weighted by molar-refractivity contribution is 7.90. The molecule has 0 bridgehead atoms. The molecular weight excluding hydrogens is 265 g/mol. The monoisotopic (exact) mass is 275 g/mol. The summed E-state index contributed by atoms with van der Waals surface area (Å²) in [6, 6.07) is 9.10. The number of carbonyl (C=O) groups is 1. The van der Waals surface area contributed by atoms with Crippen molar-refractivity contribution in [3.63, 3.8) is 0 Å². The van der Waals surface area contributed by atoms with Crippen molar-refractivity contribution in [2.24, 2.45) is 0 Å². The van der Waals surface area contributed by atoms with Crippen molar-refractivity contribution in [1.82, 2.24) is 3.97 Å². The standard InChI is InChI=1S/C12H10BNO4S/c1-18-12(15)11-10(13)7-8-14(11)19(16,17)9-5-3-2-4-6-9/h2-8H,1H3. The van der Waals surface area contributed by atoms with E-state index in [9.17, 15) is 13.2 Å². The van der Waals surface area contributed by atoms with Crippen LogP contribution in [0.15, 0.2) is 47.5 Å². The Morgan fingerprint density at radius 2 is 1.84 bits per heavy atom. The molecule has 0 spiro atoms. The number of hydrogen-bond donors (Lipinski definition) is 0. The van der Waals surface area contributed by atoms with Gasteiger partial charge in [0.25, 0.3) is 10.0 Å². The summed E-state index contributed by atoms with van der Waals surface area (Å²) in [5, 5.41) is 0. The predicted octanol–water partition coefficient (Wildman–Crippen LogP) is 0.306. The van der Waals surface area contributed by atoms with Gasteiger partial charge in [-0.1, -0.05) is 23.7 Å². The van der Waals surface area contributed by atoms with E-state index in [-0.39, 0.29) is 16.1 Å². The molecule has 1 aromatic carbocycles. The number of esters is 1. The fraction of sp³-hybridized carbons (Fsp3) is 0.0833. The largest absolute Gasteiger partial charge is 0.464 e. The highest BCUT2D eigenvalue weighted by Crippen LogP contribution is 2.15. The van der Waals surface area contributed by atoms with Gasteiger partial charge in [-0.2, -0.15) is 0 Å². The third-order valence-corrected chi connectivity index (χ3v) is 4.25. The van der Waals surface area contributed by atoms with Crippen LogP contribution >= 0.6 is 0 Å². The molecule has 0 saturated carbocycles. The average Bonchev–Trinajstić information content (AvgIpc) is 2.81. The van der Waals surface area contributed by atoms with Crippen LogP contribution in [-0.4, -0.2) is 33.3 Å². The van der Waals surface area contributed by atoms with Gasteiger partial charge in [0.15, 0.2) is 0 Å². The molecule has 0 saturated heterocycles. The second kappa shape index (κ2) is 4.93. The van der Waals surface area contributed by atoms with Gasteiger partial charge < -0.3 is 4.74 Å². The highest BCUT2D eigenvalue weighted by Gasteiger charge is 2.24. The van der Waals surface area contributed by atoms with Gasteiger partial charge >= 0.3 is 5.97 Å². The zero-order valence-corrected chi connectivity index (χ0v) is 10.9. The summed E-state index contributed by atoms with van der Waals surface area (Å²) in [6.45, 7) is 0. The Morgan fingerprint density at radius 3 is 2.42 bits per heavy atom. The molecule has 0 aliphatic carbocycles. The van der Waals surface area contributed by atoms with Crippen LogP contribution in [0.5, 0.6) is 0 Å². The smallest absolute Gasteiger partial charge is 0.355 e. The van der Waals surface area contributed by atoms with Crippen molar-refractivity contribution in [2.45, 2.75) is 4.90 Å². The van der Waals surface area contributed by atoms with Gasteiger partial charge in [-0.3, -0.25) is 0 Å². The lowest BCUT2D eigenvalue weighted by Gasteiger charge is -2.10. The minimum absolute atomic E-state index is 0.0476. The van der Waals surface area contributed by atoms with E-state index in [1.807, 2.05) is 0 Å². The average molecular weight is 275 g/mol. The van der Waals surface area contributed by atoms with E-state index >= 15 is 0 Å². The van der Waals surface area contributed by atoms with E-state index in [1.54, 1.807) is 18.2 Å². The molecule has 2 rings (SSSR count). The minimum atomic E-state index is -3.87. The maximum Gasteiger partial charge on any atom is 0.355 e. The van der Waals surface area contributed by atoms with Gasteiger partial charge in [0.2, 0.25) is 0 Å². The molecule has 2 radical (unpaired) electrons. The van der Waals surface area contributed by atoms with Crippen LogP contribution in [0, 0.1) is 0 Å². The lowest BCUT2D eigenvalue weighted by molar-refractivity contribution is 0.0594. The van der Waals surface area contributed by atoms with Crippen molar-refractivity contribution in [3.05, 3.63) is 48.3 Å². The van der Waals surface area contributed by atoms with E-state index < -0.39 is 16.0 Å². The molecule has 2 aromatic rings. The van der Waals surface area contributed by atoms with E-state index in [0.717, 1.165) is 11.1 Å². The normalized spacial score (nSPS) is 11.2. The summed E-state index contributed by atoms with van der Waals surface area (Å²) in [7, 11) is 2.90. The SMILES string of the molecule is [B]c1ccn(S(=O)(=O)c2ccccc2)c1C(=O)OC. The highest BCUT2D eigenvalue weighted by atomic mass is 32.2. The fourth-order valence-corrected chi connectivity index (χ4v) is 3.01. The van der Waals surface area contributed by atoms with Gasteiger partial charge in [-0.25, -0.2) is 17.2 Å². The number of hydrogen-bond acceptors (Lipinski definition) is 4. The van der Waals surface area contributed by atoms with Crippen LogP contribution in [0.25, 0.3) is 0 Å². The first-order valence-electron chi connectivity index (χ1n) is 5.34. The Kier molecular flexibility index (Phi) is 3.48. The fourth-order valence-electron chi connectivity index (χ4n) is 1.64. The molecule has 0 unspecified atom stereocenters. The van der Waals surface area contributed by atoms with Gasteiger partial charge in [-0.05, 0) is 18.2 Å². The first-order valence-corrected chi connectivity index (χ1v) is 6.78. The lowest BCUT2D eigenvalue weighted by Crippen LogP contribution is -2.24. The maximum absolute atomic E-state index is 12.4. The molecule has 1 aromatic heterocycles. The summed E-state index contributed by atoms with van der Waals surface area (Å²) < 4.78 is 30.1. The Morgan fingerprint density at radius 1 is 1.21 bits per heavy atom. The van der Waals surface area contributed by atoms with Crippen molar-refractivity contribution in [3.8, 4) is 0 Å². The quantitative estimate of drug-likeness (QED) is 0.597. The molecule has 7 heteroatoms. The molecular formula is C12H10BNO4S. The molecule has 0 aliphatic heterocycles. The Bertz CT molecular complexity index is 707. The second-order valence-electron chi connectivity index (χ2n) is 3.73. The third-order valence-electron chi connectivity index (χ3n) is 2.56. The number of aromatic nitrogens is 1.